The number of nitrogens with one attached hydrogen (secondary N) is 1. The number of aromatic nitrogens is 1. The van der Waals surface area contributed by atoms with Gasteiger partial charge in [-0.05, 0) is 24.4 Å². The van der Waals surface area contributed by atoms with E-state index in [-0.39, 0.29) is 10.6 Å². The van der Waals surface area contributed by atoms with Crippen molar-refractivity contribution in [3.8, 4) is 5.75 Å². The molecule has 3 nitrogen and oxygen atoms in total. The SMILES string of the molecule is FC(F)(F)COc1cccc2oc(=S)[nH]c12. The van der Waals surface area contributed by atoms with E-state index in [2.05, 4.69) is 9.72 Å². The molecule has 0 amide bonds. The minimum absolute atomic E-state index is 0.0645. The summed E-state index contributed by atoms with van der Waals surface area (Å²) < 4.78 is 45.6. The zero-order valence-electron chi connectivity index (χ0n) is 7.80. The van der Waals surface area contributed by atoms with Crippen LogP contribution in [0, 0.1) is 4.84 Å². The molecular weight excluding hydrogens is 243 g/mol. The van der Waals surface area contributed by atoms with Crippen LogP contribution in [0.3, 0.4) is 0 Å². The number of halogens is 3. The Bertz CT molecular complexity index is 558. The molecule has 1 heterocycles. The van der Waals surface area contributed by atoms with Gasteiger partial charge in [-0.3, -0.25) is 0 Å². The average molecular weight is 249 g/mol. The summed E-state index contributed by atoms with van der Waals surface area (Å²) in [5, 5.41) is 0. The molecule has 0 atom stereocenters. The van der Waals surface area contributed by atoms with Crippen molar-refractivity contribution in [2.24, 2.45) is 0 Å². The molecule has 0 unspecified atom stereocenters. The predicted octanol–water partition coefficient (Wildman–Crippen LogP) is 3.43. The molecule has 1 aromatic carbocycles. The first-order valence-corrected chi connectivity index (χ1v) is 4.68. The summed E-state index contributed by atoms with van der Waals surface area (Å²) in [5.74, 6) is 0.0645. The van der Waals surface area contributed by atoms with Gasteiger partial charge in [-0.15, -0.1) is 0 Å². The molecule has 0 saturated carbocycles. The second-order valence-corrected chi connectivity index (χ2v) is 3.42. The van der Waals surface area contributed by atoms with Gasteiger partial charge in [0.1, 0.15) is 11.3 Å². The van der Waals surface area contributed by atoms with Crippen LogP contribution in [0.15, 0.2) is 22.6 Å². The number of ether oxygens (including phenoxy) is 1. The largest absolute Gasteiger partial charge is 0.482 e. The van der Waals surface area contributed by atoms with Crippen LogP contribution in [-0.4, -0.2) is 17.8 Å². The van der Waals surface area contributed by atoms with Gasteiger partial charge in [-0.2, -0.15) is 13.2 Å². The number of oxazole rings is 1. The number of benzene rings is 1. The number of fused-ring (bicyclic) bond motifs is 1. The van der Waals surface area contributed by atoms with Gasteiger partial charge in [0.05, 0.1) is 0 Å². The second-order valence-electron chi connectivity index (χ2n) is 3.05. The van der Waals surface area contributed by atoms with E-state index < -0.39 is 12.8 Å². The summed E-state index contributed by atoms with van der Waals surface area (Å²) >= 11 is 4.73. The Hall–Kier alpha value is -1.50. The summed E-state index contributed by atoms with van der Waals surface area (Å²) in [4.78, 5) is 2.71. The third kappa shape index (κ3) is 2.35. The Morgan fingerprint density at radius 3 is 2.81 bits per heavy atom. The number of para-hydroxylation sites is 1. The quantitative estimate of drug-likeness (QED) is 0.828. The average Bonchev–Trinajstić information content (AvgIpc) is 2.54. The molecule has 1 aromatic heterocycles. The van der Waals surface area contributed by atoms with Gasteiger partial charge >= 0.3 is 6.18 Å². The molecular formula is C9H6F3NO2S. The lowest BCUT2D eigenvalue weighted by Crippen LogP contribution is -2.19. The van der Waals surface area contributed by atoms with Crippen LogP contribution in [0.2, 0.25) is 0 Å². The van der Waals surface area contributed by atoms with E-state index in [0.717, 1.165) is 0 Å². The van der Waals surface area contributed by atoms with Gasteiger partial charge in [0.25, 0.3) is 4.84 Å². The van der Waals surface area contributed by atoms with E-state index in [1.54, 1.807) is 6.07 Å². The Morgan fingerprint density at radius 2 is 2.12 bits per heavy atom. The van der Waals surface area contributed by atoms with Gasteiger partial charge in [-0.1, -0.05) is 6.07 Å². The molecule has 7 heteroatoms. The zero-order valence-corrected chi connectivity index (χ0v) is 8.61. The van der Waals surface area contributed by atoms with Crippen LogP contribution in [0.5, 0.6) is 5.75 Å². The maximum Gasteiger partial charge on any atom is 0.422 e. The molecule has 0 aliphatic rings. The van der Waals surface area contributed by atoms with Crippen molar-refractivity contribution in [2.45, 2.75) is 6.18 Å². The van der Waals surface area contributed by atoms with Crippen molar-refractivity contribution in [1.29, 1.82) is 0 Å². The fourth-order valence-electron chi connectivity index (χ4n) is 1.23. The summed E-state index contributed by atoms with van der Waals surface area (Å²) in [6, 6.07) is 4.52. The van der Waals surface area contributed by atoms with Crippen LogP contribution in [0.4, 0.5) is 13.2 Å². The first kappa shape index (κ1) is 11.0. The van der Waals surface area contributed by atoms with E-state index in [1.165, 1.54) is 12.1 Å². The maximum atomic E-state index is 12.0. The molecule has 1 N–H and O–H groups in total. The Morgan fingerprint density at radius 1 is 1.38 bits per heavy atom. The summed E-state index contributed by atoms with van der Waals surface area (Å²) in [5.41, 5.74) is 0.696. The van der Waals surface area contributed by atoms with Crippen molar-refractivity contribution in [3.63, 3.8) is 0 Å². The van der Waals surface area contributed by atoms with E-state index in [1.807, 2.05) is 0 Å². The maximum absolute atomic E-state index is 12.0. The van der Waals surface area contributed by atoms with Gasteiger partial charge in [-0.25, -0.2) is 0 Å². The molecule has 0 saturated heterocycles. The molecule has 2 aromatic rings. The number of rotatable bonds is 2. The minimum atomic E-state index is -4.37. The molecule has 0 radical (unpaired) electrons. The van der Waals surface area contributed by atoms with Crippen molar-refractivity contribution in [3.05, 3.63) is 23.0 Å². The fourth-order valence-corrected chi connectivity index (χ4v) is 1.42. The normalized spacial score (nSPS) is 11.9. The lowest BCUT2D eigenvalue weighted by molar-refractivity contribution is -0.153. The number of H-pyrrole nitrogens is 1. The molecule has 16 heavy (non-hydrogen) atoms. The van der Waals surface area contributed by atoms with Crippen LogP contribution in [0.1, 0.15) is 0 Å². The highest BCUT2D eigenvalue weighted by Gasteiger charge is 2.28. The van der Waals surface area contributed by atoms with Crippen LogP contribution in [0.25, 0.3) is 11.1 Å². The Kier molecular flexibility index (Phi) is 2.63. The van der Waals surface area contributed by atoms with Gasteiger partial charge in [0.15, 0.2) is 12.2 Å². The Balaban J connectivity index is 2.33. The highest BCUT2D eigenvalue weighted by Crippen LogP contribution is 2.26. The predicted molar refractivity (Wildman–Crippen MR) is 52.9 cm³/mol. The van der Waals surface area contributed by atoms with E-state index in [0.29, 0.717) is 11.1 Å². The molecule has 2 rings (SSSR count). The van der Waals surface area contributed by atoms with Crippen molar-refractivity contribution in [1.82, 2.24) is 4.98 Å². The third-order valence-corrected chi connectivity index (χ3v) is 1.99. The monoisotopic (exact) mass is 249 g/mol. The van der Waals surface area contributed by atoms with Crippen LogP contribution in [-0.2, 0) is 0 Å². The Labute approximate surface area is 92.8 Å². The summed E-state index contributed by atoms with van der Waals surface area (Å²) in [6.45, 7) is -1.35. The number of hydrogen-bond donors (Lipinski definition) is 1. The first-order valence-electron chi connectivity index (χ1n) is 4.27. The molecule has 0 bridgehead atoms. The molecule has 0 spiro atoms. The topological polar surface area (TPSA) is 38.2 Å². The van der Waals surface area contributed by atoms with E-state index in [9.17, 15) is 13.2 Å². The summed E-state index contributed by atoms with van der Waals surface area (Å²) in [7, 11) is 0. The molecule has 0 aliphatic heterocycles. The minimum Gasteiger partial charge on any atom is -0.482 e. The van der Waals surface area contributed by atoms with Gasteiger partial charge in [0.2, 0.25) is 0 Å². The van der Waals surface area contributed by atoms with Crippen LogP contribution < -0.4 is 4.74 Å². The standard InChI is InChI=1S/C9H6F3NO2S/c10-9(11,12)4-14-5-2-1-3-6-7(5)13-8(16)15-6/h1-3H,4H2,(H,13,16). The van der Waals surface area contributed by atoms with E-state index >= 15 is 0 Å². The second kappa shape index (κ2) is 3.82. The number of hydrogen-bond acceptors (Lipinski definition) is 3. The fraction of sp³-hybridized carbons (Fsp3) is 0.222. The molecule has 86 valence electrons. The van der Waals surface area contributed by atoms with Gasteiger partial charge < -0.3 is 14.1 Å². The smallest absolute Gasteiger partial charge is 0.422 e. The lowest BCUT2D eigenvalue weighted by Gasteiger charge is -2.08. The van der Waals surface area contributed by atoms with Crippen molar-refractivity contribution >= 4 is 23.3 Å². The van der Waals surface area contributed by atoms with Crippen molar-refractivity contribution < 1.29 is 22.3 Å². The number of aromatic amines is 1. The van der Waals surface area contributed by atoms with Crippen molar-refractivity contribution in [2.75, 3.05) is 6.61 Å². The van der Waals surface area contributed by atoms with Crippen LogP contribution >= 0.6 is 12.2 Å². The number of alkyl halides is 3. The lowest BCUT2D eigenvalue weighted by atomic mass is 10.3. The summed E-state index contributed by atoms with van der Waals surface area (Å²) in [6.07, 6.45) is -4.37. The highest BCUT2D eigenvalue weighted by molar-refractivity contribution is 7.71. The molecule has 0 fully saturated rings. The highest BCUT2D eigenvalue weighted by atomic mass is 32.1. The molecule has 0 aliphatic carbocycles. The third-order valence-electron chi connectivity index (χ3n) is 1.81. The zero-order chi connectivity index (χ0) is 11.8. The van der Waals surface area contributed by atoms with Gasteiger partial charge in [0, 0.05) is 0 Å². The first-order chi connectivity index (χ1) is 7.46. The van der Waals surface area contributed by atoms with E-state index in [4.69, 9.17) is 16.6 Å².